The first kappa shape index (κ1) is 16.9. The molecular weight excluding hydrogens is 278 g/mol. The number of nitrogens with zero attached hydrogens (tertiary/aromatic N) is 2. The number of piperazine rings is 1. The van der Waals surface area contributed by atoms with Crippen LogP contribution in [0.2, 0.25) is 0 Å². The molecule has 1 aliphatic rings. The molecule has 120 valence electrons. The van der Waals surface area contributed by atoms with Gasteiger partial charge in [-0.05, 0) is 44.3 Å². The van der Waals surface area contributed by atoms with Crippen molar-refractivity contribution in [3.05, 3.63) is 22.4 Å². The van der Waals surface area contributed by atoms with E-state index in [2.05, 4.69) is 53.4 Å². The fourth-order valence-electron chi connectivity index (χ4n) is 3.33. The lowest BCUT2D eigenvalue weighted by Crippen LogP contribution is -2.53. The van der Waals surface area contributed by atoms with E-state index in [-0.39, 0.29) is 0 Å². The Morgan fingerprint density at radius 1 is 1.38 bits per heavy atom. The summed E-state index contributed by atoms with van der Waals surface area (Å²) in [6.07, 6.45) is 2.49. The van der Waals surface area contributed by atoms with E-state index >= 15 is 0 Å². The van der Waals surface area contributed by atoms with E-state index in [1.165, 1.54) is 37.4 Å². The Hall–Kier alpha value is -0.420. The topological polar surface area (TPSA) is 18.5 Å². The van der Waals surface area contributed by atoms with Gasteiger partial charge in [0, 0.05) is 37.1 Å². The molecule has 0 amide bonds. The maximum absolute atomic E-state index is 3.52. The first-order valence-corrected chi connectivity index (χ1v) is 9.36. The summed E-state index contributed by atoms with van der Waals surface area (Å²) in [5.74, 6) is 0. The number of nitrogens with one attached hydrogen (secondary N) is 1. The summed E-state index contributed by atoms with van der Waals surface area (Å²) in [5, 5.41) is 5.74. The molecule has 1 aromatic rings. The second-order valence-corrected chi connectivity index (χ2v) is 7.10. The van der Waals surface area contributed by atoms with Gasteiger partial charge in [0.05, 0.1) is 6.04 Å². The van der Waals surface area contributed by atoms with Crippen molar-refractivity contribution in [2.45, 2.75) is 45.7 Å². The van der Waals surface area contributed by atoms with Gasteiger partial charge in [0.1, 0.15) is 0 Å². The van der Waals surface area contributed by atoms with Crippen LogP contribution in [-0.2, 0) is 0 Å². The predicted molar refractivity (Wildman–Crippen MR) is 93.1 cm³/mol. The van der Waals surface area contributed by atoms with E-state index in [0.717, 1.165) is 19.6 Å². The van der Waals surface area contributed by atoms with Crippen LogP contribution in [0.1, 0.15) is 44.5 Å². The SMILES string of the molecule is CCCN(CCC)CC(c1cccs1)N1CCNCC1C. The van der Waals surface area contributed by atoms with Crippen LogP contribution in [0.25, 0.3) is 0 Å². The highest BCUT2D eigenvalue weighted by Crippen LogP contribution is 2.28. The van der Waals surface area contributed by atoms with Crippen molar-refractivity contribution in [3.8, 4) is 0 Å². The summed E-state index contributed by atoms with van der Waals surface area (Å²) in [4.78, 5) is 6.89. The van der Waals surface area contributed by atoms with Gasteiger partial charge in [-0.1, -0.05) is 19.9 Å². The van der Waals surface area contributed by atoms with Crippen molar-refractivity contribution in [2.24, 2.45) is 0 Å². The highest BCUT2D eigenvalue weighted by atomic mass is 32.1. The third kappa shape index (κ3) is 4.78. The average Bonchev–Trinajstić information content (AvgIpc) is 3.00. The molecule has 1 aliphatic heterocycles. The molecule has 0 bridgehead atoms. The van der Waals surface area contributed by atoms with Crippen molar-refractivity contribution in [3.63, 3.8) is 0 Å². The summed E-state index contributed by atoms with van der Waals surface area (Å²) in [7, 11) is 0. The summed E-state index contributed by atoms with van der Waals surface area (Å²) < 4.78 is 0. The van der Waals surface area contributed by atoms with Crippen LogP contribution in [0.3, 0.4) is 0 Å². The quantitative estimate of drug-likeness (QED) is 0.795. The number of hydrogen-bond acceptors (Lipinski definition) is 4. The van der Waals surface area contributed by atoms with Gasteiger partial charge in [-0.25, -0.2) is 0 Å². The molecule has 1 fully saturated rings. The molecule has 0 spiro atoms. The van der Waals surface area contributed by atoms with Crippen molar-refractivity contribution in [1.82, 2.24) is 15.1 Å². The van der Waals surface area contributed by atoms with Crippen LogP contribution in [0, 0.1) is 0 Å². The molecule has 2 rings (SSSR count). The second-order valence-electron chi connectivity index (χ2n) is 6.12. The number of rotatable bonds is 8. The minimum Gasteiger partial charge on any atom is -0.314 e. The molecule has 1 N–H and O–H groups in total. The molecule has 0 aromatic carbocycles. The van der Waals surface area contributed by atoms with Crippen LogP contribution in [0.5, 0.6) is 0 Å². The lowest BCUT2D eigenvalue weighted by molar-refractivity contribution is 0.0859. The normalized spacial score (nSPS) is 21.8. The van der Waals surface area contributed by atoms with Gasteiger partial charge in [-0.15, -0.1) is 11.3 Å². The van der Waals surface area contributed by atoms with E-state index in [4.69, 9.17) is 0 Å². The molecule has 2 unspecified atom stereocenters. The minimum absolute atomic E-state index is 0.556. The van der Waals surface area contributed by atoms with Gasteiger partial charge >= 0.3 is 0 Å². The standard InChI is InChI=1S/C17H31N3S/c1-4-9-19(10-5-2)14-16(17-7-6-12-21-17)20-11-8-18-13-15(20)3/h6-7,12,15-16,18H,4-5,8-11,13-14H2,1-3H3. The van der Waals surface area contributed by atoms with Crippen LogP contribution in [0.4, 0.5) is 0 Å². The lowest BCUT2D eigenvalue weighted by Gasteiger charge is -2.41. The van der Waals surface area contributed by atoms with Crippen molar-refractivity contribution in [2.75, 3.05) is 39.3 Å². The van der Waals surface area contributed by atoms with Crippen LogP contribution in [0.15, 0.2) is 17.5 Å². The van der Waals surface area contributed by atoms with Crippen LogP contribution in [-0.4, -0.2) is 55.1 Å². The van der Waals surface area contributed by atoms with Crippen molar-refractivity contribution < 1.29 is 0 Å². The summed E-state index contributed by atoms with van der Waals surface area (Å²) >= 11 is 1.92. The Bertz CT molecular complexity index is 373. The molecule has 1 aromatic heterocycles. The molecule has 0 radical (unpaired) electrons. The zero-order chi connectivity index (χ0) is 15.1. The molecule has 2 heterocycles. The van der Waals surface area contributed by atoms with E-state index < -0.39 is 0 Å². The average molecular weight is 310 g/mol. The van der Waals surface area contributed by atoms with Gasteiger partial charge < -0.3 is 10.2 Å². The Kier molecular flexibility index (Phi) is 7.17. The molecular formula is C17H31N3S. The lowest BCUT2D eigenvalue weighted by atomic mass is 10.1. The summed E-state index contributed by atoms with van der Waals surface area (Å²) in [5.41, 5.74) is 0. The van der Waals surface area contributed by atoms with Crippen LogP contribution >= 0.6 is 11.3 Å². The van der Waals surface area contributed by atoms with Gasteiger partial charge in [0.15, 0.2) is 0 Å². The molecule has 2 atom stereocenters. The fourth-order valence-corrected chi connectivity index (χ4v) is 4.17. The van der Waals surface area contributed by atoms with Gasteiger partial charge in [0.25, 0.3) is 0 Å². The highest BCUT2D eigenvalue weighted by molar-refractivity contribution is 7.10. The zero-order valence-corrected chi connectivity index (χ0v) is 14.7. The van der Waals surface area contributed by atoms with E-state index in [1.807, 2.05) is 11.3 Å². The minimum atomic E-state index is 0.556. The molecule has 3 nitrogen and oxygen atoms in total. The third-order valence-electron chi connectivity index (χ3n) is 4.34. The van der Waals surface area contributed by atoms with Crippen LogP contribution < -0.4 is 5.32 Å². The van der Waals surface area contributed by atoms with E-state index in [0.29, 0.717) is 12.1 Å². The van der Waals surface area contributed by atoms with Gasteiger partial charge in [-0.2, -0.15) is 0 Å². The van der Waals surface area contributed by atoms with E-state index in [9.17, 15) is 0 Å². The maximum atomic E-state index is 3.52. The van der Waals surface area contributed by atoms with Gasteiger partial charge in [0.2, 0.25) is 0 Å². The predicted octanol–water partition coefficient (Wildman–Crippen LogP) is 3.20. The van der Waals surface area contributed by atoms with Crippen molar-refractivity contribution in [1.29, 1.82) is 0 Å². The summed E-state index contributed by atoms with van der Waals surface area (Å²) in [6.45, 7) is 13.9. The highest BCUT2D eigenvalue weighted by Gasteiger charge is 2.29. The molecule has 1 saturated heterocycles. The molecule has 4 heteroatoms. The Balaban J connectivity index is 2.11. The van der Waals surface area contributed by atoms with Crippen molar-refractivity contribution >= 4 is 11.3 Å². The molecule has 21 heavy (non-hydrogen) atoms. The number of thiophene rings is 1. The fraction of sp³-hybridized carbons (Fsp3) is 0.765. The Labute approximate surface area is 134 Å². The number of hydrogen-bond donors (Lipinski definition) is 1. The first-order chi connectivity index (χ1) is 10.3. The monoisotopic (exact) mass is 309 g/mol. The maximum Gasteiger partial charge on any atom is 0.0572 e. The first-order valence-electron chi connectivity index (χ1n) is 8.48. The smallest absolute Gasteiger partial charge is 0.0572 e. The van der Waals surface area contributed by atoms with E-state index in [1.54, 1.807) is 0 Å². The molecule has 0 saturated carbocycles. The zero-order valence-electron chi connectivity index (χ0n) is 13.8. The largest absolute Gasteiger partial charge is 0.314 e. The Morgan fingerprint density at radius 3 is 2.71 bits per heavy atom. The molecule has 0 aliphatic carbocycles. The second kappa shape index (κ2) is 8.89. The Morgan fingerprint density at radius 2 is 2.14 bits per heavy atom. The van der Waals surface area contributed by atoms with Gasteiger partial charge in [-0.3, -0.25) is 4.90 Å². The summed E-state index contributed by atoms with van der Waals surface area (Å²) in [6, 6.07) is 5.69. The third-order valence-corrected chi connectivity index (χ3v) is 5.31.